The molecule has 88 valence electrons. The van der Waals surface area contributed by atoms with E-state index in [0.29, 0.717) is 18.3 Å². The first kappa shape index (κ1) is 11.4. The predicted octanol–water partition coefficient (Wildman–Crippen LogP) is 1.60. The van der Waals surface area contributed by atoms with Crippen molar-refractivity contribution in [3.05, 3.63) is 29.8 Å². The van der Waals surface area contributed by atoms with E-state index in [1.807, 2.05) is 12.1 Å². The molecule has 1 fully saturated rings. The van der Waals surface area contributed by atoms with Gasteiger partial charge in [-0.15, -0.1) is 0 Å². The predicted molar refractivity (Wildman–Crippen MR) is 63.2 cm³/mol. The van der Waals surface area contributed by atoms with Crippen LogP contribution < -0.4 is 0 Å². The molecular formula is C13H19NO2. The van der Waals surface area contributed by atoms with Crippen LogP contribution in [0.15, 0.2) is 24.3 Å². The zero-order valence-electron chi connectivity index (χ0n) is 9.47. The first-order chi connectivity index (χ1) is 7.78. The Morgan fingerprint density at radius 3 is 2.69 bits per heavy atom. The highest BCUT2D eigenvalue weighted by Crippen LogP contribution is 2.18. The van der Waals surface area contributed by atoms with E-state index < -0.39 is 0 Å². The Balaban J connectivity index is 1.91. The first-order valence-corrected chi connectivity index (χ1v) is 5.89. The summed E-state index contributed by atoms with van der Waals surface area (Å²) in [5, 5.41) is 18.3. The molecule has 1 aromatic rings. The molecule has 0 aliphatic carbocycles. The van der Waals surface area contributed by atoms with Crippen LogP contribution in [0.4, 0.5) is 0 Å². The van der Waals surface area contributed by atoms with Crippen LogP contribution in [0.25, 0.3) is 0 Å². The van der Waals surface area contributed by atoms with Crippen molar-refractivity contribution < 1.29 is 10.2 Å². The topological polar surface area (TPSA) is 43.7 Å². The van der Waals surface area contributed by atoms with Crippen LogP contribution in [0.5, 0.6) is 5.75 Å². The molecule has 2 rings (SSSR count). The summed E-state index contributed by atoms with van der Waals surface area (Å²) in [6.07, 6.45) is 2.31. The Morgan fingerprint density at radius 2 is 2.00 bits per heavy atom. The number of rotatable bonds is 3. The van der Waals surface area contributed by atoms with E-state index in [2.05, 4.69) is 4.90 Å². The van der Waals surface area contributed by atoms with Gasteiger partial charge in [-0.1, -0.05) is 12.1 Å². The molecule has 0 aromatic heterocycles. The van der Waals surface area contributed by atoms with E-state index in [0.717, 1.165) is 26.1 Å². The maximum Gasteiger partial charge on any atom is 0.115 e. The summed E-state index contributed by atoms with van der Waals surface area (Å²) in [5.74, 6) is 0.751. The molecule has 1 aliphatic rings. The fourth-order valence-corrected chi connectivity index (χ4v) is 2.30. The number of nitrogens with zero attached hydrogens (tertiary/aromatic N) is 1. The number of aromatic hydroxyl groups is 1. The van der Waals surface area contributed by atoms with E-state index in [9.17, 15) is 5.11 Å². The molecule has 3 nitrogen and oxygen atoms in total. The van der Waals surface area contributed by atoms with Gasteiger partial charge in [0.15, 0.2) is 0 Å². The highest BCUT2D eigenvalue weighted by molar-refractivity contribution is 5.25. The minimum Gasteiger partial charge on any atom is -0.508 e. The van der Waals surface area contributed by atoms with Gasteiger partial charge in [0.2, 0.25) is 0 Å². The molecule has 1 aliphatic heterocycles. The number of aliphatic hydroxyl groups excluding tert-OH is 1. The van der Waals surface area contributed by atoms with Gasteiger partial charge in [-0.3, -0.25) is 4.90 Å². The lowest BCUT2D eigenvalue weighted by molar-refractivity contribution is 0.116. The number of hydrogen-bond acceptors (Lipinski definition) is 3. The van der Waals surface area contributed by atoms with Gasteiger partial charge in [-0.25, -0.2) is 0 Å². The zero-order valence-corrected chi connectivity index (χ0v) is 9.47. The fraction of sp³-hybridized carbons (Fsp3) is 0.538. The Morgan fingerprint density at radius 1 is 1.25 bits per heavy atom. The molecule has 0 bridgehead atoms. The maximum atomic E-state index is 9.20. The van der Waals surface area contributed by atoms with Crippen molar-refractivity contribution in [3.63, 3.8) is 0 Å². The third-order valence-electron chi connectivity index (χ3n) is 3.20. The number of likely N-dealkylation sites (tertiary alicyclic amines) is 1. The number of hydrogen-bond donors (Lipinski definition) is 2. The van der Waals surface area contributed by atoms with Crippen LogP contribution in [-0.4, -0.2) is 34.8 Å². The van der Waals surface area contributed by atoms with Crippen LogP contribution >= 0.6 is 0 Å². The van der Waals surface area contributed by atoms with Gasteiger partial charge < -0.3 is 10.2 Å². The quantitative estimate of drug-likeness (QED) is 0.814. The van der Waals surface area contributed by atoms with Crippen LogP contribution in [0.2, 0.25) is 0 Å². The van der Waals surface area contributed by atoms with Crippen LogP contribution in [-0.2, 0) is 6.54 Å². The van der Waals surface area contributed by atoms with Gasteiger partial charge in [0.1, 0.15) is 5.75 Å². The molecule has 16 heavy (non-hydrogen) atoms. The van der Waals surface area contributed by atoms with Crippen LogP contribution in [0, 0.1) is 5.92 Å². The molecule has 0 radical (unpaired) electrons. The van der Waals surface area contributed by atoms with Crippen molar-refractivity contribution in [3.8, 4) is 5.75 Å². The van der Waals surface area contributed by atoms with Crippen molar-refractivity contribution in [2.24, 2.45) is 5.92 Å². The van der Waals surface area contributed by atoms with E-state index >= 15 is 0 Å². The Kier molecular flexibility index (Phi) is 3.80. The summed E-state index contributed by atoms with van der Waals surface area (Å²) in [5.41, 5.74) is 1.22. The Labute approximate surface area is 96.3 Å². The van der Waals surface area contributed by atoms with Crippen LogP contribution in [0.1, 0.15) is 18.4 Å². The third-order valence-corrected chi connectivity index (χ3v) is 3.20. The van der Waals surface area contributed by atoms with Gasteiger partial charge in [0.25, 0.3) is 0 Å². The van der Waals surface area contributed by atoms with Gasteiger partial charge in [-0.05, 0) is 43.0 Å². The third kappa shape index (κ3) is 2.97. The minimum absolute atomic E-state index is 0.298. The van der Waals surface area contributed by atoms with Gasteiger partial charge in [0, 0.05) is 19.7 Å². The van der Waals surface area contributed by atoms with E-state index in [4.69, 9.17) is 5.11 Å². The molecule has 0 unspecified atom stereocenters. The number of benzene rings is 1. The monoisotopic (exact) mass is 221 g/mol. The lowest BCUT2D eigenvalue weighted by atomic mass is 9.98. The average Bonchev–Trinajstić information content (AvgIpc) is 2.32. The summed E-state index contributed by atoms with van der Waals surface area (Å²) in [6.45, 7) is 3.30. The second-order valence-corrected chi connectivity index (χ2v) is 4.59. The fourth-order valence-electron chi connectivity index (χ4n) is 2.30. The molecule has 2 N–H and O–H groups in total. The molecule has 0 saturated carbocycles. The number of phenols is 1. The van der Waals surface area contributed by atoms with Crippen molar-refractivity contribution in [2.75, 3.05) is 19.7 Å². The largest absolute Gasteiger partial charge is 0.508 e. The van der Waals surface area contributed by atoms with E-state index in [1.165, 1.54) is 12.0 Å². The Hall–Kier alpha value is -1.06. The number of phenolic OH excluding ortho intramolecular Hbond substituents is 1. The van der Waals surface area contributed by atoms with Crippen molar-refractivity contribution >= 4 is 0 Å². The molecule has 1 saturated heterocycles. The summed E-state index contributed by atoms with van der Waals surface area (Å²) in [7, 11) is 0. The molecule has 0 spiro atoms. The normalized spacial score (nSPS) is 22.2. The Bertz CT molecular complexity index is 323. The number of aliphatic hydroxyl groups is 1. The SMILES string of the molecule is OC[C@@H]1CCCN(Cc2ccc(O)cc2)C1. The smallest absolute Gasteiger partial charge is 0.115 e. The standard InChI is InChI=1S/C13H19NO2/c15-10-12-2-1-7-14(9-12)8-11-3-5-13(16)6-4-11/h3-6,12,15-16H,1-2,7-10H2/t12-/m1/s1. The molecule has 3 heteroatoms. The lowest BCUT2D eigenvalue weighted by Crippen LogP contribution is -2.36. The van der Waals surface area contributed by atoms with E-state index in [-0.39, 0.29) is 0 Å². The summed E-state index contributed by atoms with van der Waals surface area (Å²) in [6, 6.07) is 7.36. The molecular weight excluding hydrogens is 202 g/mol. The van der Waals surface area contributed by atoms with Gasteiger partial charge in [0.05, 0.1) is 0 Å². The van der Waals surface area contributed by atoms with E-state index in [1.54, 1.807) is 12.1 Å². The lowest BCUT2D eigenvalue weighted by Gasteiger charge is -2.31. The second-order valence-electron chi connectivity index (χ2n) is 4.59. The number of piperidine rings is 1. The molecule has 1 heterocycles. The van der Waals surface area contributed by atoms with Gasteiger partial charge in [-0.2, -0.15) is 0 Å². The van der Waals surface area contributed by atoms with Crippen LogP contribution in [0.3, 0.4) is 0 Å². The summed E-state index contributed by atoms with van der Waals surface area (Å²) >= 11 is 0. The highest BCUT2D eigenvalue weighted by Gasteiger charge is 2.18. The van der Waals surface area contributed by atoms with Crippen molar-refractivity contribution in [2.45, 2.75) is 19.4 Å². The maximum absolute atomic E-state index is 9.20. The molecule has 0 amide bonds. The summed E-state index contributed by atoms with van der Waals surface area (Å²) in [4.78, 5) is 2.37. The zero-order chi connectivity index (χ0) is 11.4. The second kappa shape index (κ2) is 5.32. The van der Waals surface area contributed by atoms with Gasteiger partial charge >= 0.3 is 0 Å². The molecule has 1 atom stereocenters. The van der Waals surface area contributed by atoms with Crippen molar-refractivity contribution in [1.82, 2.24) is 4.90 Å². The molecule has 1 aromatic carbocycles. The summed E-state index contributed by atoms with van der Waals surface area (Å²) < 4.78 is 0. The minimum atomic E-state index is 0.298. The average molecular weight is 221 g/mol. The first-order valence-electron chi connectivity index (χ1n) is 5.89. The van der Waals surface area contributed by atoms with Crippen molar-refractivity contribution in [1.29, 1.82) is 0 Å². The highest BCUT2D eigenvalue weighted by atomic mass is 16.3.